The molecule has 168 valence electrons. The summed E-state index contributed by atoms with van der Waals surface area (Å²) in [4.78, 5) is 40.4. The van der Waals surface area contributed by atoms with Crippen molar-refractivity contribution in [3.8, 4) is 0 Å². The summed E-state index contributed by atoms with van der Waals surface area (Å²) in [7, 11) is 0. The minimum atomic E-state index is -1.21. The lowest BCUT2D eigenvalue weighted by molar-refractivity contribution is -0.306. The first-order valence-electron chi connectivity index (χ1n) is 10.2. The molecule has 0 saturated heterocycles. The van der Waals surface area contributed by atoms with Crippen LogP contribution in [0, 0.1) is 0 Å². The Balaban J connectivity index is 1.63. The molecular weight excluding hydrogens is 458 g/mol. The molecule has 0 radical (unpaired) electrons. The molecule has 0 saturated carbocycles. The summed E-state index contributed by atoms with van der Waals surface area (Å²) in [5, 5.41) is 16.2. The van der Waals surface area contributed by atoms with E-state index in [2.05, 4.69) is 5.32 Å². The quantitative estimate of drug-likeness (QED) is 0.502. The molecule has 2 aromatic carbocycles. The van der Waals surface area contributed by atoms with Gasteiger partial charge < -0.3 is 21.0 Å². The van der Waals surface area contributed by atoms with E-state index in [4.69, 9.17) is 18.0 Å². The number of thiophene rings is 1. The Labute approximate surface area is 199 Å². The third-order valence-corrected chi connectivity index (χ3v) is 6.66. The highest BCUT2D eigenvalue weighted by molar-refractivity contribution is 7.80. The zero-order valence-electron chi connectivity index (χ0n) is 17.4. The van der Waals surface area contributed by atoms with Crippen LogP contribution in [0.5, 0.6) is 0 Å². The summed E-state index contributed by atoms with van der Waals surface area (Å²) in [6.07, 6.45) is -0.273. The SMILES string of the molecule is NC(=S)c1csc(CNC(=O)CN2C(=O)c3ccccc3C(CC(=O)[O-])c3ccccc32)c1. The molecule has 2 heterocycles. The van der Waals surface area contributed by atoms with Crippen LogP contribution in [0.3, 0.4) is 0 Å². The topological polar surface area (TPSA) is 116 Å². The summed E-state index contributed by atoms with van der Waals surface area (Å²) in [5.74, 6) is -2.49. The minimum absolute atomic E-state index is 0.213. The highest BCUT2D eigenvalue weighted by Crippen LogP contribution is 2.40. The van der Waals surface area contributed by atoms with Gasteiger partial charge in [0.25, 0.3) is 5.91 Å². The highest BCUT2D eigenvalue weighted by atomic mass is 32.1. The standard InChI is InChI=1S/C24H21N3O4S2/c25-23(32)14-9-15(33-13-14)11-26-21(28)12-27-20-8-4-3-6-17(20)19(10-22(29)30)16-5-1-2-7-18(16)24(27)31/h1-9,13,19H,10-12H2,(H2,25,32)(H,26,28)(H,29,30)/p-1. The predicted molar refractivity (Wildman–Crippen MR) is 128 cm³/mol. The van der Waals surface area contributed by atoms with E-state index in [0.717, 1.165) is 10.4 Å². The van der Waals surface area contributed by atoms with Crippen molar-refractivity contribution >= 4 is 52.0 Å². The molecule has 1 atom stereocenters. The van der Waals surface area contributed by atoms with Gasteiger partial charge in [-0.1, -0.05) is 48.6 Å². The number of rotatable bonds is 7. The molecule has 1 unspecified atom stereocenters. The maximum atomic E-state index is 13.5. The van der Waals surface area contributed by atoms with Crippen LogP contribution in [0.1, 0.15) is 44.3 Å². The first-order valence-corrected chi connectivity index (χ1v) is 11.5. The lowest BCUT2D eigenvalue weighted by Gasteiger charge is -2.24. The Hall–Kier alpha value is -3.56. The molecule has 9 heteroatoms. The van der Waals surface area contributed by atoms with Gasteiger partial charge in [-0.05, 0) is 35.7 Å². The second-order valence-electron chi connectivity index (χ2n) is 7.61. The van der Waals surface area contributed by atoms with E-state index in [9.17, 15) is 19.5 Å². The number of carboxylic acids is 1. The zero-order chi connectivity index (χ0) is 23.5. The number of anilines is 1. The number of carbonyl (C=O) groups is 3. The number of hydrogen-bond acceptors (Lipinski definition) is 6. The average molecular weight is 479 g/mol. The molecule has 0 bridgehead atoms. The maximum absolute atomic E-state index is 13.5. The predicted octanol–water partition coefficient (Wildman–Crippen LogP) is 1.93. The van der Waals surface area contributed by atoms with Gasteiger partial charge in [-0.15, -0.1) is 11.3 Å². The zero-order valence-corrected chi connectivity index (χ0v) is 19.1. The smallest absolute Gasteiger partial charge is 0.259 e. The number of carboxylic acid groups (broad SMARTS) is 1. The Morgan fingerprint density at radius 2 is 1.82 bits per heavy atom. The van der Waals surface area contributed by atoms with Gasteiger partial charge in [0.1, 0.15) is 11.5 Å². The molecule has 7 nitrogen and oxygen atoms in total. The summed E-state index contributed by atoms with van der Waals surface area (Å²) in [5.41, 5.74) is 8.51. The molecule has 3 aromatic rings. The summed E-state index contributed by atoms with van der Waals surface area (Å²) in [6.45, 7) is 0.0649. The number of nitrogens with two attached hydrogens (primary N) is 1. The normalized spacial score (nSPS) is 14.7. The van der Waals surface area contributed by atoms with Gasteiger partial charge in [-0.25, -0.2) is 0 Å². The van der Waals surface area contributed by atoms with Gasteiger partial charge in [-0.3, -0.25) is 14.5 Å². The van der Waals surface area contributed by atoms with Crippen molar-refractivity contribution in [2.75, 3.05) is 11.4 Å². The summed E-state index contributed by atoms with van der Waals surface area (Å²) < 4.78 is 0. The monoisotopic (exact) mass is 478 g/mol. The first kappa shape index (κ1) is 22.6. The van der Waals surface area contributed by atoms with Crippen LogP contribution in [0.2, 0.25) is 0 Å². The number of para-hydroxylation sites is 1. The number of amides is 2. The van der Waals surface area contributed by atoms with Crippen LogP contribution >= 0.6 is 23.6 Å². The van der Waals surface area contributed by atoms with E-state index >= 15 is 0 Å². The van der Waals surface area contributed by atoms with Crippen LogP contribution in [-0.4, -0.2) is 29.3 Å². The molecule has 1 aliphatic heterocycles. The maximum Gasteiger partial charge on any atom is 0.259 e. The number of aliphatic carboxylic acids is 1. The van der Waals surface area contributed by atoms with Crippen molar-refractivity contribution in [3.63, 3.8) is 0 Å². The summed E-state index contributed by atoms with van der Waals surface area (Å²) in [6, 6.07) is 15.8. The largest absolute Gasteiger partial charge is 0.550 e. The van der Waals surface area contributed by atoms with Crippen molar-refractivity contribution in [3.05, 3.63) is 87.1 Å². The number of nitrogens with one attached hydrogen (secondary N) is 1. The van der Waals surface area contributed by atoms with Gasteiger partial charge in [0.2, 0.25) is 5.91 Å². The van der Waals surface area contributed by atoms with E-state index in [0.29, 0.717) is 27.4 Å². The Kier molecular flexibility index (Phi) is 6.52. The molecule has 0 aliphatic carbocycles. The summed E-state index contributed by atoms with van der Waals surface area (Å²) >= 11 is 6.39. The molecule has 1 aliphatic rings. The lowest BCUT2D eigenvalue weighted by Crippen LogP contribution is -2.40. The van der Waals surface area contributed by atoms with E-state index < -0.39 is 11.9 Å². The third-order valence-electron chi connectivity index (χ3n) is 5.49. The van der Waals surface area contributed by atoms with E-state index in [1.807, 2.05) is 11.4 Å². The third kappa shape index (κ3) is 4.79. The first-order chi connectivity index (χ1) is 15.8. The molecule has 0 spiro atoms. The van der Waals surface area contributed by atoms with Crippen LogP contribution in [0.15, 0.2) is 60.0 Å². The number of thiocarbonyl (C=S) groups is 1. The van der Waals surface area contributed by atoms with Crippen molar-refractivity contribution < 1.29 is 19.5 Å². The van der Waals surface area contributed by atoms with E-state index in [1.165, 1.54) is 16.2 Å². The van der Waals surface area contributed by atoms with Crippen molar-refractivity contribution in [2.45, 2.75) is 18.9 Å². The molecule has 0 fully saturated rings. The molecule has 1 aromatic heterocycles. The van der Waals surface area contributed by atoms with Crippen LogP contribution in [0.25, 0.3) is 0 Å². The number of hydrogen-bond donors (Lipinski definition) is 2. The molecule has 3 N–H and O–H groups in total. The fraction of sp³-hybridized carbons (Fsp3) is 0.167. The Bertz CT molecular complexity index is 1250. The van der Waals surface area contributed by atoms with Gasteiger partial charge in [0, 0.05) is 39.0 Å². The van der Waals surface area contributed by atoms with Crippen molar-refractivity contribution in [2.24, 2.45) is 5.73 Å². The molecule has 4 rings (SSSR count). The van der Waals surface area contributed by atoms with Crippen LogP contribution in [-0.2, 0) is 16.1 Å². The fourth-order valence-electron chi connectivity index (χ4n) is 3.98. The highest BCUT2D eigenvalue weighted by Gasteiger charge is 2.33. The number of nitrogens with zero attached hydrogens (tertiary/aromatic N) is 1. The lowest BCUT2D eigenvalue weighted by atomic mass is 9.86. The van der Waals surface area contributed by atoms with Crippen LogP contribution < -0.4 is 21.1 Å². The van der Waals surface area contributed by atoms with Crippen LogP contribution in [0.4, 0.5) is 5.69 Å². The van der Waals surface area contributed by atoms with Gasteiger partial charge in [0.05, 0.1) is 6.54 Å². The van der Waals surface area contributed by atoms with Gasteiger partial charge >= 0.3 is 0 Å². The Morgan fingerprint density at radius 3 is 2.52 bits per heavy atom. The number of carbonyl (C=O) groups excluding carboxylic acids is 3. The van der Waals surface area contributed by atoms with Crippen molar-refractivity contribution in [1.82, 2.24) is 5.32 Å². The second kappa shape index (κ2) is 9.51. The molecular formula is C24H20N3O4S2-. The average Bonchev–Trinajstić information content (AvgIpc) is 3.26. The Morgan fingerprint density at radius 1 is 1.12 bits per heavy atom. The molecule has 2 amide bonds. The number of benzene rings is 2. The molecule has 33 heavy (non-hydrogen) atoms. The van der Waals surface area contributed by atoms with E-state index in [1.54, 1.807) is 48.5 Å². The number of fused-ring (bicyclic) bond motifs is 2. The fourth-order valence-corrected chi connectivity index (χ4v) is 4.99. The van der Waals surface area contributed by atoms with Crippen molar-refractivity contribution in [1.29, 1.82) is 0 Å². The van der Waals surface area contributed by atoms with Gasteiger partial charge in [-0.2, -0.15) is 0 Å². The minimum Gasteiger partial charge on any atom is -0.550 e. The van der Waals surface area contributed by atoms with E-state index in [-0.39, 0.29) is 31.3 Å². The second-order valence-corrected chi connectivity index (χ2v) is 9.04. The van der Waals surface area contributed by atoms with Gasteiger partial charge in [0.15, 0.2) is 0 Å².